The second-order valence-electron chi connectivity index (χ2n) is 5.79. The molecule has 0 saturated carbocycles. The van der Waals surface area contributed by atoms with E-state index in [4.69, 9.17) is 9.47 Å². The molecule has 0 aromatic heterocycles. The molecule has 1 aromatic carbocycles. The van der Waals surface area contributed by atoms with Crippen LogP contribution in [0.15, 0.2) is 12.1 Å². The van der Waals surface area contributed by atoms with Crippen LogP contribution in [0.5, 0.6) is 11.5 Å². The fraction of sp³-hybridized carbons (Fsp3) is 0.562. The van der Waals surface area contributed by atoms with E-state index >= 15 is 0 Å². The van der Waals surface area contributed by atoms with Crippen molar-refractivity contribution >= 4 is 18.3 Å². The van der Waals surface area contributed by atoms with Crippen molar-refractivity contribution in [1.29, 1.82) is 0 Å². The van der Waals surface area contributed by atoms with Gasteiger partial charge in [0.2, 0.25) is 5.91 Å². The van der Waals surface area contributed by atoms with Crippen LogP contribution >= 0.6 is 12.4 Å². The Labute approximate surface area is 146 Å². The average Bonchev–Trinajstić information content (AvgIpc) is 2.86. The Bertz CT molecular complexity index is 599. The molecule has 1 heterocycles. The van der Waals surface area contributed by atoms with Gasteiger partial charge >= 0.3 is 0 Å². The number of nitrogens with one attached hydrogen (secondary N) is 2. The highest BCUT2D eigenvalue weighted by Crippen LogP contribution is 2.33. The number of benzene rings is 1. The van der Waals surface area contributed by atoms with Gasteiger partial charge < -0.3 is 14.8 Å². The van der Waals surface area contributed by atoms with Crippen molar-refractivity contribution in [2.24, 2.45) is 0 Å². The summed E-state index contributed by atoms with van der Waals surface area (Å²) in [5.41, 5.74) is 1.76. The van der Waals surface area contributed by atoms with E-state index in [9.17, 15) is 13.6 Å². The van der Waals surface area contributed by atoms with Gasteiger partial charge in [-0.1, -0.05) is 0 Å². The van der Waals surface area contributed by atoms with Crippen LogP contribution in [0.4, 0.5) is 8.78 Å². The molecule has 2 atom stereocenters. The van der Waals surface area contributed by atoms with Crippen LogP contribution in [0, 0.1) is 6.92 Å². The Balaban J connectivity index is 0.00000288. The number of methoxy groups -OCH3 is 2. The SMILES string of the molecule is COc1cc(C)c(C(C)NC(=O)C2CC(F)(F)CN2)cc1OC.Cl. The fourth-order valence-electron chi connectivity index (χ4n) is 2.76. The predicted molar refractivity (Wildman–Crippen MR) is 89.4 cm³/mol. The van der Waals surface area contributed by atoms with Crippen LogP contribution in [-0.4, -0.2) is 38.6 Å². The highest BCUT2D eigenvalue weighted by atomic mass is 35.5. The van der Waals surface area contributed by atoms with Crippen LogP contribution in [-0.2, 0) is 4.79 Å². The summed E-state index contributed by atoms with van der Waals surface area (Å²) in [6.45, 7) is 3.23. The zero-order valence-electron chi connectivity index (χ0n) is 14.1. The molecule has 1 saturated heterocycles. The molecule has 2 N–H and O–H groups in total. The topological polar surface area (TPSA) is 59.6 Å². The third-order valence-electron chi connectivity index (χ3n) is 4.02. The Hall–Kier alpha value is -1.60. The van der Waals surface area contributed by atoms with Crippen LogP contribution < -0.4 is 20.1 Å². The molecule has 1 aromatic rings. The first-order valence-corrected chi connectivity index (χ1v) is 7.41. The number of halogens is 3. The fourth-order valence-corrected chi connectivity index (χ4v) is 2.76. The minimum absolute atomic E-state index is 0. The van der Waals surface area contributed by atoms with Crippen molar-refractivity contribution in [3.63, 3.8) is 0 Å². The van der Waals surface area contributed by atoms with Gasteiger partial charge in [0.25, 0.3) is 5.92 Å². The summed E-state index contributed by atoms with van der Waals surface area (Å²) < 4.78 is 36.9. The molecule has 2 unspecified atom stereocenters. The Morgan fingerprint density at radius 3 is 2.42 bits per heavy atom. The van der Waals surface area contributed by atoms with Gasteiger partial charge in [-0.15, -0.1) is 12.4 Å². The number of hydrogen-bond donors (Lipinski definition) is 2. The van der Waals surface area contributed by atoms with E-state index in [0.29, 0.717) is 11.5 Å². The highest BCUT2D eigenvalue weighted by Gasteiger charge is 2.42. The van der Waals surface area contributed by atoms with E-state index in [1.807, 2.05) is 13.0 Å². The smallest absolute Gasteiger partial charge is 0.262 e. The zero-order chi connectivity index (χ0) is 17.2. The summed E-state index contributed by atoms with van der Waals surface area (Å²) in [6.07, 6.45) is -0.476. The largest absolute Gasteiger partial charge is 0.493 e. The summed E-state index contributed by atoms with van der Waals surface area (Å²) >= 11 is 0. The first-order chi connectivity index (χ1) is 10.8. The van der Waals surface area contributed by atoms with Gasteiger partial charge in [-0.2, -0.15) is 0 Å². The van der Waals surface area contributed by atoms with E-state index in [1.54, 1.807) is 20.1 Å². The first-order valence-electron chi connectivity index (χ1n) is 7.41. The number of aryl methyl sites for hydroxylation is 1. The number of hydrogen-bond acceptors (Lipinski definition) is 4. The van der Waals surface area contributed by atoms with Crippen molar-refractivity contribution in [2.45, 2.75) is 38.3 Å². The molecule has 0 bridgehead atoms. The lowest BCUT2D eigenvalue weighted by Crippen LogP contribution is -2.41. The molecule has 1 aliphatic heterocycles. The molecule has 2 rings (SSSR count). The first kappa shape index (κ1) is 20.4. The molecular formula is C16H23ClF2N2O3. The van der Waals surface area contributed by atoms with Crippen molar-refractivity contribution in [3.05, 3.63) is 23.3 Å². The Kier molecular flexibility index (Phi) is 6.80. The van der Waals surface area contributed by atoms with Crippen LogP contribution in [0.3, 0.4) is 0 Å². The van der Waals surface area contributed by atoms with Crippen molar-refractivity contribution in [1.82, 2.24) is 10.6 Å². The van der Waals surface area contributed by atoms with Gasteiger partial charge in [0.15, 0.2) is 11.5 Å². The number of ether oxygens (including phenoxy) is 2. The number of rotatable bonds is 5. The summed E-state index contributed by atoms with van der Waals surface area (Å²) in [5.74, 6) is -2.10. The van der Waals surface area contributed by atoms with Crippen LogP contribution in [0.1, 0.15) is 30.5 Å². The molecule has 1 amide bonds. The third-order valence-corrected chi connectivity index (χ3v) is 4.02. The minimum Gasteiger partial charge on any atom is -0.493 e. The molecule has 8 heteroatoms. The minimum atomic E-state index is -2.83. The summed E-state index contributed by atoms with van der Waals surface area (Å²) in [7, 11) is 3.08. The van der Waals surface area contributed by atoms with Crippen LogP contribution in [0.25, 0.3) is 0 Å². The van der Waals surface area contributed by atoms with Crippen molar-refractivity contribution in [2.75, 3.05) is 20.8 Å². The predicted octanol–water partition coefficient (Wildman–Crippen LogP) is 2.61. The summed E-state index contributed by atoms with van der Waals surface area (Å²) in [6, 6.07) is 2.40. The Morgan fingerprint density at radius 2 is 1.92 bits per heavy atom. The number of carbonyl (C=O) groups excluding carboxylic acids is 1. The molecule has 136 valence electrons. The second kappa shape index (κ2) is 7.98. The van der Waals surface area contributed by atoms with Gasteiger partial charge in [-0.25, -0.2) is 8.78 Å². The Morgan fingerprint density at radius 1 is 1.33 bits per heavy atom. The molecule has 0 radical (unpaired) electrons. The van der Waals surface area contributed by atoms with Gasteiger partial charge in [0, 0.05) is 6.42 Å². The van der Waals surface area contributed by atoms with Crippen LogP contribution in [0.2, 0.25) is 0 Å². The summed E-state index contributed by atoms with van der Waals surface area (Å²) in [5, 5.41) is 5.33. The highest BCUT2D eigenvalue weighted by molar-refractivity contribution is 5.85. The standard InChI is InChI=1S/C16H22F2N2O3.ClH/c1-9-5-13(22-3)14(23-4)6-11(9)10(2)20-15(21)12-7-16(17,18)8-19-12;/h5-6,10,12,19H,7-8H2,1-4H3,(H,20,21);1H. The maximum Gasteiger partial charge on any atom is 0.262 e. The molecule has 0 spiro atoms. The molecule has 1 fully saturated rings. The molecule has 24 heavy (non-hydrogen) atoms. The molecular weight excluding hydrogens is 342 g/mol. The summed E-state index contributed by atoms with van der Waals surface area (Å²) in [4.78, 5) is 12.1. The number of amides is 1. The second-order valence-corrected chi connectivity index (χ2v) is 5.79. The maximum atomic E-state index is 13.2. The maximum absolute atomic E-state index is 13.2. The van der Waals surface area contributed by atoms with Crippen molar-refractivity contribution < 1.29 is 23.0 Å². The monoisotopic (exact) mass is 364 g/mol. The third kappa shape index (κ3) is 4.48. The van der Waals surface area contributed by atoms with Gasteiger partial charge in [0.1, 0.15) is 0 Å². The lowest BCUT2D eigenvalue weighted by atomic mass is 10.0. The van der Waals surface area contributed by atoms with Gasteiger partial charge in [-0.05, 0) is 37.1 Å². The van der Waals surface area contributed by atoms with Crippen molar-refractivity contribution in [3.8, 4) is 11.5 Å². The van der Waals surface area contributed by atoms with E-state index in [2.05, 4.69) is 10.6 Å². The molecule has 5 nitrogen and oxygen atoms in total. The van der Waals surface area contributed by atoms with E-state index in [1.165, 1.54) is 7.11 Å². The number of carbonyl (C=O) groups is 1. The average molecular weight is 365 g/mol. The van der Waals surface area contributed by atoms with Gasteiger partial charge in [-0.3, -0.25) is 10.1 Å². The molecule has 1 aliphatic rings. The lowest BCUT2D eigenvalue weighted by molar-refractivity contribution is -0.124. The van der Waals surface area contributed by atoms with E-state index < -0.39 is 30.8 Å². The lowest BCUT2D eigenvalue weighted by Gasteiger charge is -2.21. The normalized spacial score (nSPS) is 20.0. The quantitative estimate of drug-likeness (QED) is 0.843. The van der Waals surface area contributed by atoms with E-state index in [-0.39, 0.29) is 18.4 Å². The van der Waals surface area contributed by atoms with E-state index in [0.717, 1.165) is 11.1 Å². The molecule has 0 aliphatic carbocycles. The number of alkyl halides is 2. The van der Waals surface area contributed by atoms with Gasteiger partial charge in [0.05, 0.1) is 32.8 Å². The zero-order valence-corrected chi connectivity index (χ0v) is 14.9.